The lowest BCUT2D eigenvalue weighted by atomic mass is 10.2. The maximum atomic E-state index is 9.35. The normalized spacial score (nSPS) is 10.6. The predicted molar refractivity (Wildman–Crippen MR) is 45.5 cm³/mol. The van der Waals surface area contributed by atoms with Gasteiger partial charge < -0.3 is 5.11 Å². The number of H-pyrrole nitrogens is 1. The fourth-order valence-corrected chi connectivity index (χ4v) is 1.51. The largest absolute Gasteiger partial charge is 0.507 e. The summed E-state index contributed by atoms with van der Waals surface area (Å²) in [5.41, 5.74) is 0.761. The summed E-state index contributed by atoms with van der Waals surface area (Å²) in [5, 5.41) is 16.8. The van der Waals surface area contributed by atoms with Gasteiger partial charge in [0.1, 0.15) is 10.4 Å². The number of benzene rings is 1. The van der Waals surface area contributed by atoms with Crippen LogP contribution in [0.4, 0.5) is 0 Å². The van der Waals surface area contributed by atoms with Crippen LogP contribution in [0.3, 0.4) is 0 Å². The number of phenols is 1. The monoisotopic (exact) mass is 212 g/mol. The summed E-state index contributed by atoms with van der Waals surface area (Å²) in [7, 11) is 0. The van der Waals surface area contributed by atoms with Crippen molar-refractivity contribution in [2.45, 2.75) is 0 Å². The van der Waals surface area contributed by atoms with Gasteiger partial charge in [0.25, 0.3) is 0 Å². The topological polar surface area (TPSA) is 48.9 Å². The van der Waals surface area contributed by atoms with Crippen molar-refractivity contribution in [2.24, 2.45) is 0 Å². The molecule has 3 nitrogen and oxygen atoms in total. The maximum absolute atomic E-state index is 9.35. The molecule has 0 fully saturated rings. The van der Waals surface area contributed by atoms with Crippen LogP contribution in [0.15, 0.2) is 22.8 Å². The summed E-state index contributed by atoms with van der Waals surface area (Å²) < 4.78 is 0.714. The first-order chi connectivity index (χ1) is 5.29. The first-order valence-electron chi connectivity index (χ1n) is 3.10. The van der Waals surface area contributed by atoms with Crippen LogP contribution in [0, 0.1) is 0 Å². The number of phenolic OH excluding ortho intramolecular Hbond substituents is 1. The van der Waals surface area contributed by atoms with E-state index in [1.54, 1.807) is 12.1 Å². The molecule has 0 saturated heterocycles. The Balaban J connectivity index is 2.96. The summed E-state index contributed by atoms with van der Waals surface area (Å²) >= 11 is 3.24. The lowest BCUT2D eigenvalue weighted by molar-refractivity contribution is 0.481. The minimum Gasteiger partial charge on any atom is -0.507 e. The Hall–Kier alpha value is -1.03. The van der Waals surface area contributed by atoms with Gasteiger partial charge in [-0.2, -0.15) is 5.10 Å². The van der Waals surface area contributed by atoms with Crippen molar-refractivity contribution in [3.63, 3.8) is 0 Å². The Labute approximate surface area is 71.2 Å². The van der Waals surface area contributed by atoms with Crippen LogP contribution in [0.25, 0.3) is 10.9 Å². The van der Waals surface area contributed by atoms with Gasteiger partial charge in [-0.1, -0.05) is 6.07 Å². The van der Waals surface area contributed by atoms with E-state index in [1.807, 2.05) is 6.07 Å². The minimum atomic E-state index is 0.239. The number of nitrogens with zero attached hydrogens (tertiary/aromatic N) is 1. The van der Waals surface area contributed by atoms with E-state index >= 15 is 0 Å². The second kappa shape index (κ2) is 2.23. The van der Waals surface area contributed by atoms with Crippen LogP contribution in [0.5, 0.6) is 5.75 Å². The Morgan fingerprint density at radius 2 is 2.27 bits per heavy atom. The molecule has 0 radical (unpaired) electrons. The van der Waals surface area contributed by atoms with Crippen molar-refractivity contribution in [3.05, 3.63) is 22.8 Å². The number of hydrogen-bond donors (Lipinski definition) is 2. The zero-order valence-electron chi connectivity index (χ0n) is 5.50. The lowest BCUT2D eigenvalue weighted by Gasteiger charge is -1.91. The molecule has 0 saturated carbocycles. The summed E-state index contributed by atoms with van der Waals surface area (Å²) in [6.07, 6.45) is 0. The van der Waals surface area contributed by atoms with Crippen LogP contribution in [-0.2, 0) is 0 Å². The quantitative estimate of drug-likeness (QED) is 0.703. The van der Waals surface area contributed by atoms with E-state index in [1.165, 1.54) is 0 Å². The number of nitrogens with one attached hydrogen (secondary N) is 1. The molecule has 0 atom stereocenters. The summed E-state index contributed by atoms with van der Waals surface area (Å²) in [6, 6.07) is 5.21. The van der Waals surface area contributed by atoms with Gasteiger partial charge in [-0.15, -0.1) is 0 Å². The number of aromatic nitrogens is 2. The van der Waals surface area contributed by atoms with Crippen molar-refractivity contribution >= 4 is 26.8 Å². The van der Waals surface area contributed by atoms with E-state index in [9.17, 15) is 5.11 Å². The summed E-state index contributed by atoms with van der Waals surface area (Å²) in [4.78, 5) is 0. The molecule has 1 aromatic heterocycles. The smallest absolute Gasteiger partial charge is 0.127 e. The van der Waals surface area contributed by atoms with E-state index < -0.39 is 0 Å². The molecule has 2 rings (SSSR count). The van der Waals surface area contributed by atoms with Crippen LogP contribution in [0.2, 0.25) is 0 Å². The van der Waals surface area contributed by atoms with Crippen molar-refractivity contribution in [3.8, 4) is 5.75 Å². The van der Waals surface area contributed by atoms with E-state index in [4.69, 9.17) is 0 Å². The third kappa shape index (κ3) is 0.903. The number of rotatable bonds is 0. The highest BCUT2D eigenvalue weighted by atomic mass is 79.9. The minimum absolute atomic E-state index is 0.239. The number of aromatic amines is 1. The molecule has 0 aliphatic carbocycles. The number of halogens is 1. The lowest BCUT2D eigenvalue weighted by Crippen LogP contribution is -1.67. The maximum Gasteiger partial charge on any atom is 0.127 e. The molecule has 2 aromatic rings. The Morgan fingerprint density at radius 1 is 1.45 bits per heavy atom. The Kier molecular flexibility index (Phi) is 1.35. The zero-order chi connectivity index (χ0) is 7.84. The fourth-order valence-electron chi connectivity index (χ4n) is 1.01. The van der Waals surface area contributed by atoms with E-state index in [0.29, 0.717) is 4.60 Å². The molecule has 1 heterocycles. The van der Waals surface area contributed by atoms with Gasteiger partial charge in [-0.3, -0.25) is 5.10 Å². The molecule has 11 heavy (non-hydrogen) atoms. The summed E-state index contributed by atoms with van der Waals surface area (Å²) in [5.74, 6) is 0.239. The molecule has 2 N–H and O–H groups in total. The molecular weight excluding hydrogens is 208 g/mol. The second-order valence-corrected chi connectivity index (χ2v) is 3.00. The highest BCUT2D eigenvalue weighted by Crippen LogP contribution is 2.28. The van der Waals surface area contributed by atoms with Crippen LogP contribution in [-0.4, -0.2) is 15.3 Å². The third-order valence-corrected chi connectivity index (χ3v) is 2.09. The fraction of sp³-hybridized carbons (Fsp3) is 0. The molecule has 1 aromatic carbocycles. The van der Waals surface area contributed by atoms with Gasteiger partial charge in [0.05, 0.1) is 10.9 Å². The van der Waals surface area contributed by atoms with Gasteiger partial charge in [-0.25, -0.2) is 0 Å². The molecule has 56 valence electrons. The average molecular weight is 213 g/mol. The second-order valence-electron chi connectivity index (χ2n) is 2.21. The number of hydrogen-bond acceptors (Lipinski definition) is 2. The van der Waals surface area contributed by atoms with Crippen LogP contribution >= 0.6 is 15.9 Å². The van der Waals surface area contributed by atoms with Crippen molar-refractivity contribution in [1.29, 1.82) is 0 Å². The zero-order valence-corrected chi connectivity index (χ0v) is 7.09. The Morgan fingerprint density at radius 3 is 3.00 bits per heavy atom. The first-order valence-corrected chi connectivity index (χ1v) is 3.90. The standard InChI is InChI=1S/C7H5BrN2O/c8-7-6-4(9-10-7)2-1-3-5(6)11/h1-3,11H,(H,9,10). The van der Waals surface area contributed by atoms with Crippen molar-refractivity contribution < 1.29 is 5.11 Å². The van der Waals surface area contributed by atoms with Gasteiger partial charge >= 0.3 is 0 Å². The molecule has 4 heteroatoms. The van der Waals surface area contributed by atoms with Crippen LogP contribution < -0.4 is 0 Å². The number of aromatic hydroxyl groups is 1. The molecule has 0 bridgehead atoms. The third-order valence-electron chi connectivity index (χ3n) is 1.51. The Bertz CT molecular complexity index is 396. The van der Waals surface area contributed by atoms with Gasteiger partial charge in [0.15, 0.2) is 0 Å². The summed E-state index contributed by atoms with van der Waals surface area (Å²) in [6.45, 7) is 0. The van der Waals surface area contributed by atoms with E-state index in [2.05, 4.69) is 26.1 Å². The molecule has 0 spiro atoms. The van der Waals surface area contributed by atoms with Crippen molar-refractivity contribution in [1.82, 2.24) is 10.2 Å². The highest BCUT2D eigenvalue weighted by molar-refractivity contribution is 9.10. The molecule has 0 aliphatic rings. The SMILES string of the molecule is Oc1cccc2n[nH]c(Br)c12. The first kappa shape index (κ1) is 6.67. The van der Waals surface area contributed by atoms with E-state index in [-0.39, 0.29) is 5.75 Å². The highest BCUT2D eigenvalue weighted by Gasteiger charge is 2.05. The number of fused-ring (bicyclic) bond motifs is 1. The molecule has 0 amide bonds. The van der Waals surface area contributed by atoms with Gasteiger partial charge in [0.2, 0.25) is 0 Å². The van der Waals surface area contributed by atoms with E-state index in [0.717, 1.165) is 10.9 Å². The average Bonchev–Trinajstić information content (AvgIpc) is 2.34. The molecule has 0 unspecified atom stereocenters. The molecule has 0 aliphatic heterocycles. The predicted octanol–water partition coefficient (Wildman–Crippen LogP) is 2.03. The van der Waals surface area contributed by atoms with Gasteiger partial charge in [0, 0.05) is 0 Å². The molecular formula is C7H5BrN2O. The van der Waals surface area contributed by atoms with Gasteiger partial charge in [-0.05, 0) is 28.1 Å². The van der Waals surface area contributed by atoms with Crippen LogP contribution in [0.1, 0.15) is 0 Å². The van der Waals surface area contributed by atoms with Crippen molar-refractivity contribution in [2.75, 3.05) is 0 Å².